The second kappa shape index (κ2) is 12.5. The highest BCUT2D eigenvalue weighted by Gasteiger charge is 2.31. The molecule has 0 saturated heterocycles. The van der Waals surface area contributed by atoms with Crippen LogP contribution in [0.2, 0.25) is 10.0 Å². The SMILES string of the molecule is COc1cc([C@H]2N=C(SCc3ccc(Cl)c(Cl)c3)NC(C)=C2C(=O)Nc2ccccc2)cc(OC)c1OC. The Morgan fingerprint density at radius 3 is 2.26 bits per heavy atom. The molecule has 0 aliphatic carbocycles. The largest absolute Gasteiger partial charge is 0.493 e. The number of carbonyl (C=O) groups is 1. The van der Waals surface area contributed by atoms with Gasteiger partial charge in [0.05, 0.1) is 36.9 Å². The second-order valence-corrected chi connectivity index (χ2v) is 10.1. The molecule has 0 radical (unpaired) electrons. The molecule has 0 saturated carbocycles. The fraction of sp³-hybridized carbons (Fsp3) is 0.214. The zero-order valence-corrected chi connectivity index (χ0v) is 23.6. The summed E-state index contributed by atoms with van der Waals surface area (Å²) in [4.78, 5) is 18.5. The normalized spacial score (nSPS) is 14.9. The lowest BCUT2D eigenvalue weighted by Gasteiger charge is -2.27. The predicted octanol–water partition coefficient (Wildman–Crippen LogP) is 6.87. The summed E-state index contributed by atoms with van der Waals surface area (Å²) in [5.41, 5.74) is 3.55. The van der Waals surface area contributed by atoms with E-state index in [1.54, 1.807) is 27.4 Å². The number of amides is 1. The Kier molecular flexibility index (Phi) is 9.09. The van der Waals surface area contributed by atoms with E-state index in [2.05, 4.69) is 10.6 Å². The molecule has 0 aromatic heterocycles. The molecular weight excluding hydrogens is 545 g/mol. The first-order valence-electron chi connectivity index (χ1n) is 11.6. The van der Waals surface area contributed by atoms with Crippen molar-refractivity contribution in [2.45, 2.75) is 18.7 Å². The maximum absolute atomic E-state index is 13.5. The van der Waals surface area contributed by atoms with Crippen molar-refractivity contribution in [3.05, 3.63) is 93.1 Å². The highest BCUT2D eigenvalue weighted by Crippen LogP contribution is 2.43. The van der Waals surface area contributed by atoms with Crippen molar-refractivity contribution in [3.8, 4) is 17.2 Å². The number of hydrogen-bond donors (Lipinski definition) is 2. The topological polar surface area (TPSA) is 81.2 Å². The maximum atomic E-state index is 13.5. The number of nitrogens with one attached hydrogen (secondary N) is 2. The first kappa shape index (κ1) is 27.7. The number of ether oxygens (including phenoxy) is 3. The molecular formula is C28H27Cl2N3O4S. The highest BCUT2D eigenvalue weighted by atomic mass is 35.5. The number of allylic oxidation sites excluding steroid dienone is 1. The van der Waals surface area contributed by atoms with Crippen LogP contribution in [0.1, 0.15) is 24.1 Å². The van der Waals surface area contributed by atoms with Gasteiger partial charge in [-0.1, -0.05) is 59.2 Å². The Bertz CT molecular complexity index is 1370. The van der Waals surface area contributed by atoms with Gasteiger partial charge in [0.15, 0.2) is 16.7 Å². The third-order valence-electron chi connectivity index (χ3n) is 5.86. The summed E-state index contributed by atoms with van der Waals surface area (Å²) in [7, 11) is 4.65. The number of halogens is 2. The molecule has 3 aromatic carbocycles. The number of nitrogens with zero attached hydrogens (tertiary/aromatic N) is 1. The zero-order valence-electron chi connectivity index (χ0n) is 21.3. The van der Waals surface area contributed by atoms with Gasteiger partial charge >= 0.3 is 0 Å². The molecule has 0 spiro atoms. The molecule has 38 heavy (non-hydrogen) atoms. The van der Waals surface area contributed by atoms with Gasteiger partial charge in [-0.2, -0.15) is 0 Å². The van der Waals surface area contributed by atoms with Crippen LogP contribution in [0.15, 0.2) is 76.9 Å². The van der Waals surface area contributed by atoms with Crippen LogP contribution in [-0.2, 0) is 10.5 Å². The van der Waals surface area contributed by atoms with Crippen LogP contribution < -0.4 is 24.8 Å². The fourth-order valence-electron chi connectivity index (χ4n) is 4.02. The van der Waals surface area contributed by atoms with Crippen LogP contribution in [0.4, 0.5) is 5.69 Å². The molecule has 4 rings (SSSR count). The van der Waals surface area contributed by atoms with Crippen molar-refractivity contribution < 1.29 is 19.0 Å². The lowest BCUT2D eigenvalue weighted by Crippen LogP contribution is -2.32. The Labute approximate surface area is 236 Å². The number of carbonyl (C=O) groups excluding carboxylic acids is 1. The third kappa shape index (κ3) is 6.20. The highest BCUT2D eigenvalue weighted by molar-refractivity contribution is 8.13. The molecule has 1 heterocycles. The average Bonchev–Trinajstić information content (AvgIpc) is 2.92. The summed E-state index contributed by atoms with van der Waals surface area (Å²) >= 11 is 13.7. The van der Waals surface area contributed by atoms with Gasteiger partial charge in [-0.15, -0.1) is 0 Å². The van der Waals surface area contributed by atoms with E-state index in [-0.39, 0.29) is 5.91 Å². The Balaban J connectivity index is 1.72. The summed E-state index contributed by atoms with van der Waals surface area (Å²) < 4.78 is 16.6. The van der Waals surface area contributed by atoms with Crippen molar-refractivity contribution in [2.75, 3.05) is 26.6 Å². The molecule has 10 heteroatoms. The quantitative estimate of drug-likeness (QED) is 0.307. The molecule has 3 aromatic rings. The molecule has 1 amide bonds. The molecule has 0 unspecified atom stereocenters. The smallest absolute Gasteiger partial charge is 0.255 e. The molecule has 2 N–H and O–H groups in total. The Morgan fingerprint density at radius 2 is 1.66 bits per heavy atom. The first-order chi connectivity index (χ1) is 18.3. The summed E-state index contributed by atoms with van der Waals surface area (Å²) in [6.07, 6.45) is 0. The van der Waals surface area contributed by atoms with Crippen LogP contribution in [-0.4, -0.2) is 32.4 Å². The standard InChI is InChI=1S/C28H27Cl2N3O4S/c1-16-24(27(34)32-19-8-6-5-7-9-19)25(18-13-22(35-2)26(37-4)23(14-18)36-3)33-28(31-16)38-15-17-10-11-20(29)21(30)12-17/h5-14,25H,15H2,1-4H3,(H,31,33)(H,32,34)/t25-/m1/s1. The number of thioether (sulfide) groups is 1. The second-order valence-electron chi connectivity index (χ2n) is 8.32. The summed E-state index contributed by atoms with van der Waals surface area (Å²) in [6, 6.07) is 17.8. The van der Waals surface area contributed by atoms with Gasteiger partial charge in [-0.25, -0.2) is 4.99 Å². The van der Waals surface area contributed by atoms with Crippen LogP contribution in [0.25, 0.3) is 0 Å². The minimum atomic E-state index is -0.634. The molecule has 0 bridgehead atoms. The van der Waals surface area contributed by atoms with Crippen LogP contribution in [0, 0.1) is 0 Å². The zero-order chi connectivity index (χ0) is 27.2. The van der Waals surface area contributed by atoms with Gasteiger partial charge in [0.2, 0.25) is 5.75 Å². The Hall–Kier alpha value is -3.33. The van der Waals surface area contributed by atoms with Gasteiger partial charge < -0.3 is 24.8 Å². The van der Waals surface area contributed by atoms with E-state index in [1.807, 2.05) is 61.5 Å². The Morgan fingerprint density at radius 1 is 0.974 bits per heavy atom. The predicted molar refractivity (Wildman–Crippen MR) is 155 cm³/mol. The summed E-state index contributed by atoms with van der Waals surface area (Å²) in [6.45, 7) is 1.86. The molecule has 1 aliphatic rings. The van der Waals surface area contributed by atoms with E-state index in [0.29, 0.717) is 60.7 Å². The fourth-order valence-corrected chi connectivity index (χ4v) is 5.23. The number of para-hydroxylation sites is 1. The molecule has 1 atom stereocenters. The van der Waals surface area contributed by atoms with Crippen LogP contribution >= 0.6 is 35.0 Å². The number of methoxy groups -OCH3 is 3. The van der Waals surface area contributed by atoms with Gasteiger partial charge in [0.1, 0.15) is 6.04 Å². The third-order valence-corrected chi connectivity index (χ3v) is 7.55. The van der Waals surface area contributed by atoms with Crippen molar-refractivity contribution >= 4 is 51.7 Å². The lowest BCUT2D eigenvalue weighted by atomic mass is 9.95. The first-order valence-corrected chi connectivity index (χ1v) is 13.4. The minimum absolute atomic E-state index is 0.266. The van der Waals surface area contributed by atoms with E-state index in [9.17, 15) is 4.79 Å². The van der Waals surface area contributed by atoms with Gasteiger partial charge in [0, 0.05) is 17.1 Å². The number of amidine groups is 1. The molecule has 0 fully saturated rings. The summed E-state index contributed by atoms with van der Waals surface area (Å²) in [5.74, 6) is 1.74. The van der Waals surface area contributed by atoms with Crippen molar-refractivity contribution in [1.29, 1.82) is 0 Å². The maximum Gasteiger partial charge on any atom is 0.255 e. The van der Waals surface area contributed by atoms with Gasteiger partial charge in [-0.05, 0) is 54.4 Å². The number of benzene rings is 3. The number of rotatable bonds is 8. The number of aliphatic imine (C=N–C) groups is 1. The van der Waals surface area contributed by atoms with Crippen LogP contribution in [0.5, 0.6) is 17.2 Å². The van der Waals surface area contributed by atoms with E-state index in [4.69, 9.17) is 42.4 Å². The molecule has 7 nitrogen and oxygen atoms in total. The number of hydrogen-bond acceptors (Lipinski definition) is 7. The monoisotopic (exact) mass is 571 g/mol. The molecule has 198 valence electrons. The molecule has 1 aliphatic heterocycles. The van der Waals surface area contributed by atoms with Crippen LogP contribution in [0.3, 0.4) is 0 Å². The van der Waals surface area contributed by atoms with Gasteiger partial charge in [-0.3, -0.25) is 4.79 Å². The van der Waals surface area contributed by atoms with E-state index < -0.39 is 6.04 Å². The average molecular weight is 573 g/mol. The van der Waals surface area contributed by atoms with Crippen molar-refractivity contribution in [1.82, 2.24) is 5.32 Å². The van der Waals surface area contributed by atoms with E-state index in [1.165, 1.54) is 11.8 Å². The van der Waals surface area contributed by atoms with Gasteiger partial charge in [0.25, 0.3) is 5.91 Å². The van der Waals surface area contributed by atoms with Crippen molar-refractivity contribution in [3.63, 3.8) is 0 Å². The summed E-state index contributed by atoms with van der Waals surface area (Å²) in [5, 5.41) is 7.93. The van der Waals surface area contributed by atoms with E-state index in [0.717, 1.165) is 5.56 Å². The van der Waals surface area contributed by atoms with E-state index >= 15 is 0 Å². The lowest BCUT2D eigenvalue weighted by molar-refractivity contribution is -0.113. The minimum Gasteiger partial charge on any atom is -0.493 e. The van der Waals surface area contributed by atoms with Crippen molar-refractivity contribution in [2.24, 2.45) is 4.99 Å². The number of anilines is 1.